The minimum atomic E-state index is -0.372. The highest BCUT2D eigenvalue weighted by Crippen LogP contribution is 2.17. The molecule has 1 aliphatic heterocycles. The first-order valence-corrected chi connectivity index (χ1v) is 11.8. The van der Waals surface area contributed by atoms with Gasteiger partial charge in [-0.2, -0.15) is 0 Å². The molecule has 0 saturated carbocycles. The van der Waals surface area contributed by atoms with Crippen LogP contribution in [0.4, 0.5) is 5.69 Å². The molecule has 0 atom stereocenters. The van der Waals surface area contributed by atoms with E-state index in [1.807, 2.05) is 30.3 Å². The number of benzene rings is 2. The molecule has 0 spiro atoms. The normalized spacial score (nSPS) is 14.3. The van der Waals surface area contributed by atoms with Gasteiger partial charge in [-0.15, -0.1) is 0 Å². The zero-order valence-electron chi connectivity index (χ0n) is 19.1. The van der Waals surface area contributed by atoms with Crippen LogP contribution in [0.2, 0.25) is 0 Å². The molecule has 1 amide bonds. The van der Waals surface area contributed by atoms with Gasteiger partial charge >= 0.3 is 5.97 Å². The average Bonchev–Trinajstić information content (AvgIpc) is 3.06. The van der Waals surface area contributed by atoms with Crippen LogP contribution in [0.15, 0.2) is 54.6 Å². The number of esters is 1. The number of nitrogens with zero attached hydrogens (tertiary/aromatic N) is 2. The van der Waals surface area contributed by atoms with Gasteiger partial charge in [0.15, 0.2) is 5.11 Å². The number of para-hydroxylation sites is 1. The van der Waals surface area contributed by atoms with Gasteiger partial charge in [0.2, 0.25) is 5.91 Å². The van der Waals surface area contributed by atoms with Gasteiger partial charge in [-0.1, -0.05) is 42.5 Å². The lowest BCUT2D eigenvalue weighted by molar-refractivity contribution is -0.122. The molecule has 2 aromatic rings. The summed E-state index contributed by atoms with van der Waals surface area (Å²) < 4.78 is 5.14. The van der Waals surface area contributed by atoms with Crippen LogP contribution in [0, 0.1) is 0 Å². The molecule has 0 aliphatic carbocycles. The fourth-order valence-electron chi connectivity index (χ4n) is 3.76. The molecule has 1 saturated heterocycles. The lowest BCUT2D eigenvalue weighted by Crippen LogP contribution is -2.41. The lowest BCUT2D eigenvalue weighted by Gasteiger charge is -2.25. The highest BCUT2D eigenvalue weighted by Gasteiger charge is 2.20. The Balaban J connectivity index is 1.45. The Bertz CT molecular complexity index is 938. The number of ether oxygens (including phenoxy) is 1. The number of amides is 1. The fourth-order valence-corrected chi connectivity index (χ4v) is 4.05. The Hall–Kier alpha value is -2.97. The maximum atomic E-state index is 12.4. The van der Waals surface area contributed by atoms with Gasteiger partial charge < -0.3 is 20.3 Å². The number of hydrogen-bond acceptors (Lipinski definition) is 5. The number of rotatable bonds is 8. The van der Waals surface area contributed by atoms with Crippen molar-refractivity contribution in [2.45, 2.75) is 19.8 Å². The van der Waals surface area contributed by atoms with E-state index in [9.17, 15) is 9.59 Å². The predicted octanol–water partition coefficient (Wildman–Crippen LogP) is 2.93. The van der Waals surface area contributed by atoms with Crippen LogP contribution in [-0.2, 0) is 16.0 Å². The summed E-state index contributed by atoms with van der Waals surface area (Å²) in [5.41, 5.74) is 2.32. The first kappa shape index (κ1) is 24.7. The van der Waals surface area contributed by atoms with Crippen LogP contribution in [-0.4, -0.2) is 72.7 Å². The number of carbonyl (C=O) groups excluding carboxylic acids is 2. The van der Waals surface area contributed by atoms with Crippen LogP contribution < -0.4 is 10.6 Å². The van der Waals surface area contributed by atoms with E-state index in [1.165, 1.54) is 5.56 Å². The molecular formula is C25H32N4O3S. The molecule has 0 unspecified atom stereocenters. The number of anilines is 1. The van der Waals surface area contributed by atoms with Gasteiger partial charge in [0.1, 0.15) is 0 Å². The molecule has 33 heavy (non-hydrogen) atoms. The molecule has 0 aromatic heterocycles. The van der Waals surface area contributed by atoms with E-state index in [4.69, 9.17) is 17.0 Å². The SMILES string of the molecule is CCOC(=O)c1ccccc1NC(=S)N1CCCN(CC(=O)NCCc2ccccc2)CC1. The maximum Gasteiger partial charge on any atom is 0.340 e. The van der Waals surface area contributed by atoms with Crippen molar-refractivity contribution >= 4 is 34.9 Å². The van der Waals surface area contributed by atoms with E-state index in [1.54, 1.807) is 19.1 Å². The molecule has 1 aliphatic rings. The van der Waals surface area contributed by atoms with E-state index in [-0.39, 0.29) is 11.9 Å². The molecule has 2 N–H and O–H groups in total. The molecular weight excluding hydrogens is 436 g/mol. The molecule has 7 nitrogen and oxygen atoms in total. The average molecular weight is 469 g/mol. The van der Waals surface area contributed by atoms with Gasteiger partial charge in [0.25, 0.3) is 0 Å². The molecule has 176 valence electrons. The maximum absolute atomic E-state index is 12.4. The van der Waals surface area contributed by atoms with Crippen LogP contribution in [0.5, 0.6) is 0 Å². The van der Waals surface area contributed by atoms with Crippen molar-refractivity contribution in [3.05, 3.63) is 65.7 Å². The summed E-state index contributed by atoms with van der Waals surface area (Å²) in [7, 11) is 0. The minimum absolute atomic E-state index is 0.0449. The zero-order chi connectivity index (χ0) is 23.5. The summed E-state index contributed by atoms with van der Waals surface area (Å²) in [4.78, 5) is 28.8. The molecule has 0 bridgehead atoms. The van der Waals surface area contributed by atoms with Crippen molar-refractivity contribution in [1.82, 2.24) is 15.1 Å². The molecule has 3 rings (SSSR count). The van der Waals surface area contributed by atoms with E-state index in [2.05, 4.69) is 32.6 Å². The van der Waals surface area contributed by atoms with Crippen molar-refractivity contribution in [2.24, 2.45) is 0 Å². The van der Waals surface area contributed by atoms with Gasteiger partial charge in [0, 0.05) is 32.7 Å². The van der Waals surface area contributed by atoms with Crippen molar-refractivity contribution < 1.29 is 14.3 Å². The summed E-state index contributed by atoms with van der Waals surface area (Å²) in [6.45, 7) is 6.21. The summed E-state index contributed by atoms with van der Waals surface area (Å²) in [5.74, 6) is -0.327. The summed E-state index contributed by atoms with van der Waals surface area (Å²) >= 11 is 5.62. The van der Waals surface area contributed by atoms with Gasteiger partial charge in [-0.05, 0) is 49.7 Å². The summed E-state index contributed by atoms with van der Waals surface area (Å²) in [5, 5.41) is 6.79. The third-order valence-corrected chi connectivity index (χ3v) is 5.85. The second kappa shape index (κ2) is 12.9. The monoisotopic (exact) mass is 468 g/mol. The number of carbonyl (C=O) groups is 2. The summed E-state index contributed by atoms with van der Waals surface area (Å²) in [6.07, 6.45) is 1.73. The predicted molar refractivity (Wildman–Crippen MR) is 134 cm³/mol. The Morgan fingerprint density at radius 3 is 2.55 bits per heavy atom. The van der Waals surface area contributed by atoms with Crippen LogP contribution in [0.1, 0.15) is 29.3 Å². The Morgan fingerprint density at radius 1 is 1.00 bits per heavy atom. The minimum Gasteiger partial charge on any atom is -0.462 e. The largest absolute Gasteiger partial charge is 0.462 e. The second-order valence-electron chi connectivity index (χ2n) is 7.90. The Kier molecular flexibility index (Phi) is 9.65. The van der Waals surface area contributed by atoms with Crippen LogP contribution in [0.25, 0.3) is 0 Å². The van der Waals surface area contributed by atoms with Crippen LogP contribution in [0.3, 0.4) is 0 Å². The molecule has 2 aromatic carbocycles. The third-order valence-electron chi connectivity index (χ3n) is 5.49. The van der Waals surface area contributed by atoms with Gasteiger partial charge in [-0.25, -0.2) is 4.79 Å². The van der Waals surface area contributed by atoms with E-state index in [0.29, 0.717) is 42.6 Å². The van der Waals surface area contributed by atoms with E-state index in [0.717, 1.165) is 32.5 Å². The quantitative estimate of drug-likeness (QED) is 0.456. The molecule has 1 fully saturated rings. The lowest BCUT2D eigenvalue weighted by atomic mass is 10.1. The number of thiocarbonyl (C=S) groups is 1. The van der Waals surface area contributed by atoms with Crippen molar-refractivity contribution in [1.29, 1.82) is 0 Å². The highest BCUT2D eigenvalue weighted by molar-refractivity contribution is 7.80. The second-order valence-corrected chi connectivity index (χ2v) is 8.29. The number of nitrogens with one attached hydrogen (secondary N) is 2. The smallest absolute Gasteiger partial charge is 0.340 e. The molecule has 1 heterocycles. The van der Waals surface area contributed by atoms with E-state index >= 15 is 0 Å². The Morgan fingerprint density at radius 2 is 1.76 bits per heavy atom. The van der Waals surface area contributed by atoms with Crippen molar-refractivity contribution in [3.63, 3.8) is 0 Å². The molecule has 0 radical (unpaired) electrons. The Labute approximate surface area is 201 Å². The zero-order valence-corrected chi connectivity index (χ0v) is 19.9. The van der Waals surface area contributed by atoms with Crippen molar-refractivity contribution in [3.8, 4) is 0 Å². The van der Waals surface area contributed by atoms with Gasteiger partial charge in [-0.3, -0.25) is 9.69 Å². The highest BCUT2D eigenvalue weighted by atomic mass is 32.1. The van der Waals surface area contributed by atoms with Crippen molar-refractivity contribution in [2.75, 3.05) is 51.2 Å². The van der Waals surface area contributed by atoms with E-state index < -0.39 is 0 Å². The topological polar surface area (TPSA) is 73.9 Å². The number of hydrogen-bond donors (Lipinski definition) is 2. The first-order valence-electron chi connectivity index (χ1n) is 11.4. The molecule has 8 heteroatoms. The first-order chi connectivity index (χ1) is 16.1. The summed E-state index contributed by atoms with van der Waals surface area (Å²) in [6, 6.07) is 17.3. The standard InChI is InChI=1S/C25H32N4O3S/c1-2-32-24(31)21-11-6-7-12-22(21)27-25(33)29-16-8-15-28(17-18-29)19-23(30)26-14-13-20-9-4-3-5-10-20/h3-7,9-12H,2,8,13-19H2,1H3,(H,26,30)(H,27,33). The fraction of sp³-hybridized carbons (Fsp3) is 0.400. The third kappa shape index (κ3) is 7.83. The van der Waals surface area contributed by atoms with Gasteiger partial charge in [0.05, 0.1) is 24.4 Å². The van der Waals surface area contributed by atoms with Crippen LogP contribution >= 0.6 is 12.2 Å².